The largest absolute Gasteiger partial charge is 0.429 e. The fourth-order valence-corrected chi connectivity index (χ4v) is 4.79. The molecule has 38 heavy (non-hydrogen) atoms. The summed E-state index contributed by atoms with van der Waals surface area (Å²) in [4.78, 5) is 4.54. The SMILES string of the molecule is Fc1cc(OC(F)(F)c2ccc(N3CCN(C(c4ccccc4)c4ccccc4)CC3)cc2)cc(F)c1F. The first-order chi connectivity index (χ1) is 18.3. The van der Waals surface area contributed by atoms with Gasteiger partial charge in [-0.15, -0.1) is 0 Å². The molecule has 3 nitrogen and oxygen atoms in total. The van der Waals surface area contributed by atoms with Crippen molar-refractivity contribution in [1.29, 1.82) is 0 Å². The Morgan fingerprint density at radius 2 is 1.16 bits per heavy atom. The molecule has 1 aliphatic heterocycles. The fourth-order valence-electron chi connectivity index (χ4n) is 4.79. The Kier molecular flexibility index (Phi) is 7.33. The second-order valence-corrected chi connectivity index (χ2v) is 9.11. The van der Waals surface area contributed by atoms with Crippen LogP contribution < -0.4 is 9.64 Å². The number of rotatable bonds is 7. The molecule has 1 aliphatic rings. The number of hydrogen-bond acceptors (Lipinski definition) is 3. The van der Waals surface area contributed by atoms with Gasteiger partial charge in [0.1, 0.15) is 5.75 Å². The van der Waals surface area contributed by atoms with Gasteiger partial charge in [-0.05, 0) is 35.4 Å². The van der Waals surface area contributed by atoms with Crippen molar-refractivity contribution in [3.8, 4) is 5.75 Å². The van der Waals surface area contributed by atoms with E-state index >= 15 is 0 Å². The quantitative estimate of drug-likeness (QED) is 0.189. The normalized spacial score (nSPS) is 14.6. The van der Waals surface area contributed by atoms with Crippen LogP contribution in [-0.4, -0.2) is 31.1 Å². The average molecular weight is 525 g/mol. The Morgan fingerprint density at radius 1 is 0.658 bits per heavy atom. The molecule has 8 heteroatoms. The highest BCUT2D eigenvalue weighted by molar-refractivity contribution is 5.49. The summed E-state index contributed by atoms with van der Waals surface area (Å²) in [6.07, 6.45) is -3.87. The van der Waals surface area contributed by atoms with Crippen LogP contribution >= 0.6 is 0 Å². The van der Waals surface area contributed by atoms with E-state index < -0.39 is 34.9 Å². The number of ether oxygens (including phenoxy) is 1. The molecule has 1 fully saturated rings. The van der Waals surface area contributed by atoms with Crippen LogP contribution in [0.3, 0.4) is 0 Å². The van der Waals surface area contributed by atoms with Gasteiger partial charge in [0.25, 0.3) is 0 Å². The van der Waals surface area contributed by atoms with Crippen molar-refractivity contribution < 1.29 is 26.7 Å². The lowest BCUT2D eigenvalue weighted by Gasteiger charge is -2.40. The van der Waals surface area contributed by atoms with E-state index in [2.05, 4.69) is 38.8 Å². The number of halogens is 5. The molecule has 4 aromatic carbocycles. The Hall–Kier alpha value is -3.91. The first-order valence-electron chi connectivity index (χ1n) is 12.2. The third-order valence-electron chi connectivity index (χ3n) is 6.68. The molecule has 0 amide bonds. The van der Waals surface area contributed by atoms with Crippen LogP contribution in [0.4, 0.5) is 27.6 Å². The maximum atomic E-state index is 14.7. The molecule has 0 N–H and O–H groups in total. The second-order valence-electron chi connectivity index (χ2n) is 9.11. The third kappa shape index (κ3) is 5.50. The number of benzene rings is 4. The van der Waals surface area contributed by atoms with E-state index in [1.54, 1.807) is 12.1 Å². The molecule has 1 saturated heterocycles. The maximum absolute atomic E-state index is 14.7. The van der Waals surface area contributed by atoms with Crippen LogP contribution in [-0.2, 0) is 6.11 Å². The predicted molar refractivity (Wildman–Crippen MR) is 136 cm³/mol. The highest BCUT2D eigenvalue weighted by Crippen LogP contribution is 2.35. The van der Waals surface area contributed by atoms with Crippen LogP contribution in [0.1, 0.15) is 22.7 Å². The van der Waals surface area contributed by atoms with Gasteiger partial charge in [0.15, 0.2) is 17.5 Å². The minimum atomic E-state index is -3.87. The summed E-state index contributed by atoms with van der Waals surface area (Å²) in [6, 6.07) is 27.1. The Morgan fingerprint density at radius 3 is 1.66 bits per heavy atom. The summed E-state index contributed by atoms with van der Waals surface area (Å²) in [6.45, 7) is 2.96. The summed E-state index contributed by atoms with van der Waals surface area (Å²) < 4.78 is 73.8. The van der Waals surface area contributed by atoms with E-state index in [9.17, 15) is 22.0 Å². The fraction of sp³-hybridized carbons (Fsp3) is 0.200. The molecule has 0 saturated carbocycles. The number of anilines is 1. The van der Waals surface area contributed by atoms with Crippen LogP contribution in [0.2, 0.25) is 0 Å². The topological polar surface area (TPSA) is 15.7 Å². The number of piperazine rings is 1. The second kappa shape index (κ2) is 10.8. The van der Waals surface area contributed by atoms with Gasteiger partial charge in [-0.2, -0.15) is 8.78 Å². The third-order valence-corrected chi connectivity index (χ3v) is 6.68. The van der Waals surface area contributed by atoms with Crippen molar-refractivity contribution in [2.45, 2.75) is 12.2 Å². The lowest BCUT2D eigenvalue weighted by atomic mass is 9.96. The zero-order chi connectivity index (χ0) is 26.7. The van der Waals surface area contributed by atoms with Crippen molar-refractivity contribution in [3.63, 3.8) is 0 Å². The smallest absolute Gasteiger partial charge is 0.426 e. The van der Waals surface area contributed by atoms with Crippen molar-refractivity contribution >= 4 is 5.69 Å². The van der Waals surface area contributed by atoms with Gasteiger partial charge in [0, 0.05) is 44.0 Å². The summed E-state index contributed by atoms with van der Waals surface area (Å²) in [5.74, 6) is -5.76. The van der Waals surface area contributed by atoms with Crippen LogP contribution in [0, 0.1) is 17.5 Å². The molecule has 0 aliphatic carbocycles. The van der Waals surface area contributed by atoms with Gasteiger partial charge < -0.3 is 9.64 Å². The zero-order valence-electron chi connectivity index (χ0n) is 20.3. The van der Waals surface area contributed by atoms with Gasteiger partial charge in [-0.1, -0.05) is 60.7 Å². The Balaban J connectivity index is 1.27. The standard InChI is InChI=1S/C30H25F5N2O/c31-26-19-25(20-27(32)28(26)33)38-30(34,35)23-11-13-24(14-12-23)36-15-17-37(18-16-36)29(21-7-3-1-4-8-21)22-9-5-2-6-10-22/h1-14,19-20,29H,15-18H2. The minimum Gasteiger partial charge on any atom is -0.429 e. The van der Waals surface area contributed by atoms with E-state index in [4.69, 9.17) is 0 Å². The first-order valence-corrected chi connectivity index (χ1v) is 12.2. The molecule has 0 atom stereocenters. The van der Waals surface area contributed by atoms with Crippen molar-refractivity contribution in [2.75, 3.05) is 31.1 Å². The summed E-state index contributed by atoms with van der Waals surface area (Å²) in [5, 5.41) is 0. The predicted octanol–water partition coefficient (Wildman–Crippen LogP) is 7.14. The average Bonchev–Trinajstić information content (AvgIpc) is 2.93. The molecule has 1 heterocycles. The van der Waals surface area contributed by atoms with Gasteiger partial charge >= 0.3 is 6.11 Å². The van der Waals surface area contributed by atoms with E-state index in [1.165, 1.54) is 23.3 Å². The molecule has 196 valence electrons. The van der Waals surface area contributed by atoms with Gasteiger partial charge in [-0.25, -0.2) is 13.2 Å². The van der Waals surface area contributed by atoms with E-state index in [0.29, 0.717) is 25.2 Å². The summed E-state index contributed by atoms with van der Waals surface area (Å²) in [5.41, 5.74) is 2.71. The lowest BCUT2D eigenvalue weighted by Crippen LogP contribution is -2.48. The monoisotopic (exact) mass is 524 g/mol. The molecule has 0 aromatic heterocycles. The zero-order valence-corrected chi connectivity index (χ0v) is 20.3. The highest BCUT2D eigenvalue weighted by atomic mass is 19.3. The van der Waals surface area contributed by atoms with E-state index in [1.807, 2.05) is 36.4 Å². The maximum Gasteiger partial charge on any atom is 0.426 e. The van der Waals surface area contributed by atoms with E-state index in [-0.39, 0.29) is 6.04 Å². The van der Waals surface area contributed by atoms with Crippen LogP contribution in [0.25, 0.3) is 0 Å². The molecule has 4 aromatic rings. The van der Waals surface area contributed by atoms with Crippen LogP contribution in [0.15, 0.2) is 97.1 Å². The number of nitrogens with zero attached hydrogens (tertiary/aromatic N) is 2. The lowest BCUT2D eigenvalue weighted by molar-refractivity contribution is -0.185. The molecule has 0 unspecified atom stereocenters. The molecular formula is C30H25F5N2O. The molecule has 5 rings (SSSR count). The molecule has 0 bridgehead atoms. The minimum absolute atomic E-state index is 0.110. The Labute approximate surface area is 217 Å². The van der Waals surface area contributed by atoms with Crippen LogP contribution in [0.5, 0.6) is 5.75 Å². The molecule has 0 spiro atoms. The van der Waals surface area contributed by atoms with Crippen molar-refractivity contribution in [1.82, 2.24) is 4.90 Å². The molecular weight excluding hydrogens is 499 g/mol. The van der Waals surface area contributed by atoms with Gasteiger partial charge in [0.2, 0.25) is 0 Å². The Bertz CT molecular complexity index is 1300. The molecule has 0 radical (unpaired) electrons. The highest BCUT2D eigenvalue weighted by Gasteiger charge is 2.35. The summed E-state index contributed by atoms with van der Waals surface area (Å²) in [7, 11) is 0. The van der Waals surface area contributed by atoms with Gasteiger partial charge in [0.05, 0.1) is 11.6 Å². The van der Waals surface area contributed by atoms with Crippen molar-refractivity contribution in [2.24, 2.45) is 0 Å². The first kappa shape index (κ1) is 25.7. The number of hydrogen-bond donors (Lipinski definition) is 0. The van der Waals surface area contributed by atoms with Gasteiger partial charge in [-0.3, -0.25) is 4.90 Å². The van der Waals surface area contributed by atoms with E-state index in [0.717, 1.165) is 18.8 Å². The van der Waals surface area contributed by atoms with Crippen molar-refractivity contribution in [3.05, 3.63) is 131 Å². The summed E-state index contributed by atoms with van der Waals surface area (Å²) >= 11 is 0. The number of alkyl halides is 2.